The van der Waals surface area contributed by atoms with E-state index < -0.39 is 17.9 Å². The summed E-state index contributed by atoms with van der Waals surface area (Å²) in [5, 5.41) is 12.5. The molecule has 1 aromatic rings. The maximum Gasteiger partial charge on any atom is 0.248 e. The zero-order chi connectivity index (χ0) is 21.8. The third-order valence-electron chi connectivity index (χ3n) is 7.61. The predicted molar refractivity (Wildman–Crippen MR) is 116 cm³/mol. The van der Waals surface area contributed by atoms with E-state index in [0.29, 0.717) is 26.1 Å². The van der Waals surface area contributed by atoms with Crippen molar-refractivity contribution < 1.29 is 19.5 Å². The topological polar surface area (TPSA) is 90.9 Å². The van der Waals surface area contributed by atoms with E-state index in [-0.39, 0.29) is 16.7 Å². The average molecular weight is 426 g/mol. The second-order valence-corrected chi connectivity index (χ2v) is 10.3. The number of ether oxygens (including phenoxy) is 1. The quantitative estimate of drug-likeness (QED) is 0.510. The molecular weight excluding hydrogens is 394 g/mol. The second kappa shape index (κ2) is 7.35. The van der Waals surface area contributed by atoms with Crippen molar-refractivity contribution in [3.63, 3.8) is 0 Å². The van der Waals surface area contributed by atoms with E-state index in [1.807, 2.05) is 4.90 Å². The second-order valence-electron chi connectivity index (χ2n) is 10.3. The third-order valence-corrected chi connectivity index (χ3v) is 7.61. The fraction of sp³-hybridized carbons (Fsp3) is 0.583. The van der Waals surface area contributed by atoms with Crippen LogP contribution in [-0.4, -0.2) is 54.2 Å². The van der Waals surface area contributed by atoms with Crippen LogP contribution in [0, 0.1) is 11.3 Å². The highest BCUT2D eigenvalue weighted by atomic mass is 16.5. The van der Waals surface area contributed by atoms with Gasteiger partial charge in [-0.05, 0) is 54.4 Å². The molecule has 7 nitrogen and oxygen atoms in total. The van der Waals surface area contributed by atoms with Gasteiger partial charge >= 0.3 is 0 Å². The molecule has 2 fully saturated rings. The zero-order valence-electron chi connectivity index (χ0n) is 18.2. The highest BCUT2D eigenvalue weighted by Crippen LogP contribution is 2.52. The fourth-order valence-electron chi connectivity index (χ4n) is 5.32. The first kappa shape index (κ1) is 20.5. The van der Waals surface area contributed by atoms with Crippen molar-refractivity contribution in [2.24, 2.45) is 11.3 Å². The molecule has 4 aliphatic rings. The van der Waals surface area contributed by atoms with Crippen LogP contribution in [0.25, 0.3) is 5.57 Å². The molecule has 5 rings (SSSR count). The van der Waals surface area contributed by atoms with Crippen molar-refractivity contribution in [2.75, 3.05) is 26.2 Å². The SMILES string of the molecule is CC1(C)COc2ccc(C3=CCN(C(=O)[C@H]4NCC5(CC5)C[C@@H]4C(=O)NO)CC3)cc21. The molecule has 7 heteroatoms. The van der Waals surface area contributed by atoms with Gasteiger partial charge in [-0.1, -0.05) is 26.0 Å². The number of nitrogens with zero attached hydrogens (tertiary/aromatic N) is 1. The molecule has 166 valence electrons. The summed E-state index contributed by atoms with van der Waals surface area (Å²) in [7, 11) is 0. The fourth-order valence-corrected chi connectivity index (χ4v) is 5.32. The molecule has 3 heterocycles. The standard InChI is InChI=1S/C24H31N3O4/c1-23(2)14-31-19-4-3-16(11-18(19)23)15-5-9-27(10-6-15)22(29)20-17(21(28)26-30)12-24(7-8-24)13-25-20/h3-5,11,17,20,25,30H,6-10,12-14H2,1-2H3,(H,26,28)/t17-,20-/m0/s1. The number of amides is 2. The minimum absolute atomic E-state index is 0.0104. The van der Waals surface area contributed by atoms with Gasteiger partial charge in [0.1, 0.15) is 5.75 Å². The molecule has 1 spiro atoms. The summed E-state index contributed by atoms with van der Waals surface area (Å²) in [6.45, 7) is 7.01. The third kappa shape index (κ3) is 3.64. The highest BCUT2D eigenvalue weighted by Gasteiger charge is 2.52. The van der Waals surface area contributed by atoms with Crippen molar-refractivity contribution in [1.82, 2.24) is 15.7 Å². The predicted octanol–water partition coefficient (Wildman–Crippen LogP) is 2.24. The van der Waals surface area contributed by atoms with Gasteiger partial charge in [0.15, 0.2) is 0 Å². The number of carbonyl (C=O) groups is 2. The molecule has 0 radical (unpaired) electrons. The first-order chi connectivity index (χ1) is 14.8. The van der Waals surface area contributed by atoms with Crippen molar-refractivity contribution in [3.8, 4) is 5.75 Å². The molecule has 1 aromatic carbocycles. The van der Waals surface area contributed by atoms with Crippen molar-refractivity contribution in [2.45, 2.75) is 51.0 Å². The van der Waals surface area contributed by atoms with Gasteiger partial charge in [0, 0.05) is 30.6 Å². The molecule has 0 aromatic heterocycles. The minimum Gasteiger partial charge on any atom is -0.492 e. The number of rotatable bonds is 3. The van der Waals surface area contributed by atoms with Crippen LogP contribution in [0.3, 0.4) is 0 Å². The number of nitrogens with one attached hydrogen (secondary N) is 2. The van der Waals surface area contributed by atoms with E-state index >= 15 is 0 Å². The van der Waals surface area contributed by atoms with Crippen LogP contribution in [0.15, 0.2) is 24.3 Å². The van der Waals surface area contributed by atoms with Gasteiger partial charge in [0.25, 0.3) is 0 Å². The molecule has 0 unspecified atom stereocenters. The molecule has 1 saturated heterocycles. The lowest BCUT2D eigenvalue weighted by atomic mass is 9.81. The Labute approximate surface area is 182 Å². The Morgan fingerprint density at radius 1 is 1.29 bits per heavy atom. The Morgan fingerprint density at radius 3 is 2.77 bits per heavy atom. The summed E-state index contributed by atoms with van der Waals surface area (Å²) in [6.07, 6.45) is 5.71. The van der Waals surface area contributed by atoms with E-state index in [0.717, 1.165) is 31.6 Å². The summed E-state index contributed by atoms with van der Waals surface area (Å²) < 4.78 is 5.80. The Kier molecular flexibility index (Phi) is 4.86. The van der Waals surface area contributed by atoms with Gasteiger partial charge in [-0.25, -0.2) is 5.48 Å². The molecule has 2 atom stereocenters. The smallest absolute Gasteiger partial charge is 0.248 e. The number of fused-ring (bicyclic) bond motifs is 1. The summed E-state index contributed by atoms with van der Waals surface area (Å²) in [5.41, 5.74) is 5.59. The van der Waals surface area contributed by atoms with Crippen LogP contribution in [0.2, 0.25) is 0 Å². The van der Waals surface area contributed by atoms with Gasteiger partial charge < -0.3 is 15.0 Å². The van der Waals surface area contributed by atoms with Crippen LogP contribution < -0.4 is 15.5 Å². The van der Waals surface area contributed by atoms with Crippen molar-refractivity contribution in [3.05, 3.63) is 35.4 Å². The Morgan fingerprint density at radius 2 is 2.10 bits per heavy atom. The summed E-state index contributed by atoms with van der Waals surface area (Å²) in [4.78, 5) is 27.3. The van der Waals surface area contributed by atoms with Gasteiger partial charge in [0.2, 0.25) is 11.8 Å². The number of carbonyl (C=O) groups excluding carboxylic acids is 2. The first-order valence-electron chi connectivity index (χ1n) is 11.2. The molecule has 0 bridgehead atoms. The van der Waals surface area contributed by atoms with Crippen LogP contribution in [0.4, 0.5) is 0 Å². The van der Waals surface area contributed by atoms with Gasteiger partial charge in [-0.3, -0.25) is 14.8 Å². The normalized spacial score (nSPS) is 27.8. The van der Waals surface area contributed by atoms with Gasteiger partial charge in [-0.2, -0.15) is 0 Å². The number of hydrogen-bond acceptors (Lipinski definition) is 5. The molecule has 31 heavy (non-hydrogen) atoms. The summed E-state index contributed by atoms with van der Waals surface area (Å²) >= 11 is 0. The first-order valence-corrected chi connectivity index (χ1v) is 11.2. The van der Waals surface area contributed by atoms with E-state index in [1.165, 1.54) is 16.7 Å². The van der Waals surface area contributed by atoms with E-state index in [2.05, 4.69) is 43.4 Å². The van der Waals surface area contributed by atoms with Crippen LogP contribution in [0.1, 0.15) is 50.7 Å². The number of hydrogen-bond donors (Lipinski definition) is 3. The van der Waals surface area contributed by atoms with E-state index in [9.17, 15) is 14.8 Å². The Bertz CT molecular complexity index is 950. The lowest BCUT2D eigenvalue weighted by Gasteiger charge is -2.38. The number of piperidine rings is 1. The molecule has 1 saturated carbocycles. The van der Waals surface area contributed by atoms with Gasteiger partial charge in [-0.15, -0.1) is 0 Å². The van der Waals surface area contributed by atoms with Crippen molar-refractivity contribution >= 4 is 17.4 Å². The van der Waals surface area contributed by atoms with E-state index in [4.69, 9.17) is 4.74 Å². The van der Waals surface area contributed by atoms with Crippen molar-refractivity contribution in [1.29, 1.82) is 0 Å². The monoisotopic (exact) mass is 425 g/mol. The largest absolute Gasteiger partial charge is 0.492 e. The average Bonchev–Trinajstić information content (AvgIpc) is 3.47. The van der Waals surface area contributed by atoms with Crippen LogP contribution >= 0.6 is 0 Å². The highest BCUT2D eigenvalue weighted by molar-refractivity contribution is 5.90. The lowest BCUT2D eigenvalue weighted by molar-refractivity contribution is -0.144. The number of hydroxylamine groups is 1. The lowest BCUT2D eigenvalue weighted by Crippen LogP contribution is -2.59. The van der Waals surface area contributed by atoms with E-state index in [1.54, 1.807) is 5.48 Å². The maximum absolute atomic E-state index is 13.3. The molecular formula is C24H31N3O4. The minimum atomic E-state index is -0.578. The summed E-state index contributed by atoms with van der Waals surface area (Å²) in [6, 6.07) is 5.80. The van der Waals surface area contributed by atoms with Crippen LogP contribution in [-0.2, 0) is 15.0 Å². The molecule has 3 N–H and O–H groups in total. The maximum atomic E-state index is 13.3. The Hall–Kier alpha value is -2.38. The molecule has 1 aliphatic carbocycles. The van der Waals surface area contributed by atoms with Crippen LogP contribution in [0.5, 0.6) is 5.75 Å². The van der Waals surface area contributed by atoms with Gasteiger partial charge in [0.05, 0.1) is 18.6 Å². The Balaban J connectivity index is 1.29. The molecule has 2 amide bonds. The zero-order valence-corrected chi connectivity index (χ0v) is 18.2. The number of benzene rings is 1. The summed E-state index contributed by atoms with van der Waals surface area (Å²) in [5.74, 6) is -0.0824. The molecule has 3 aliphatic heterocycles.